The maximum atomic E-state index is 12.0. The average molecular weight is 325 g/mol. The molecule has 1 rings (SSSR count). The second-order valence-corrected chi connectivity index (χ2v) is 6.62. The molecule has 1 aromatic rings. The van der Waals surface area contributed by atoms with Crippen LogP contribution in [0.2, 0.25) is 10.0 Å². The van der Waals surface area contributed by atoms with Gasteiger partial charge in [0, 0.05) is 6.04 Å². The zero-order valence-corrected chi connectivity index (χ0v) is 12.7. The smallest absolute Gasteiger partial charge is 0.242 e. The van der Waals surface area contributed by atoms with Gasteiger partial charge in [-0.1, -0.05) is 29.3 Å². The molecule has 1 aromatic carbocycles. The summed E-state index contributed by atoms with van der Waals surface area (Å²) >= 11 is 11.6. The molecule has 0 spiro atoms. The Morgan fingerprint density at radius 3 is 2.53 bits per heavy atom. The highest BCUT2D eigenvalue weighted by atomic mass is 35.5. The summed E-state index contributed by atoms with van der Waals surface area (Å²) in [6.07, 6.45) is 0. The molecule has 0 atom stereocenters. The molecule has 0 fully saturated rings. The van der Waals surface area contributed by atoms with Gasteiger partial charge in [-0.15, -0.1) is 0 Å². The Morgan fingerprint density at radius 2 is 1.95 bits per heavy atom. The van der Waals surface area contributed by atoms with Crippen molar-refractivity contribution in [3.05, 3.63) is 28.2 Å². The van der Waals surface area contributed by atoms with Gasteiger partial charge in [-0.05, 0) is 26.0 Å². The van der Waals surface area contributed by atoms with Crippen molar-refractivity contribution in [3.63, 3.8) is 0 Å². The molecule has 19 heavy (non-hydrogen) atoms. The van der Waals surface area contributed by atoms with Crippen molar-refractivity contribution in [2.75, 3.05) is 6.54 Å². The van der Waals surface area contributed by atoms with Crippen molar-refractivity contribution in [2.45, 2.75) is 24.8 Å². The minimum absolute atomic E-state index is 0.0632. The van der Waals surface area contributed by atoms with E-state index in [2.05, 4.69) is 10.0 Å². The summed E-state index contributed by atoms with van der Waals surface area (Å²) in [4.78, 5) is 11.2. The number of rotatable bonds is 5. The minimum Gasteiger partial charge on any atom is -0.353 e. The lowest BCUT2D eigenvalue weighted by Gasteiger charge is -2.11. The van der Waals surface area contributed by atoms with Gasteiger partial charge in [0.05, 0.1) is 16.6 Å². The third-order valence-corrected chi connectivity index (χ3v) is 4.45. The van der Waals surface area contributed by atoms with E-state index in [9.17, 15) is 13.2 Å². The van der Waals surface area contributed by atoms with Gasteiger partial charge in [-0.25, -0.2) is 13.1 Å². The van der Waals surface area contributed by atoms with Gasteiger partial charge in [0.25, 0.3) is 0 Å². The van der Waals surface area contributed by atoms with Gasteiger partial charge >= 0.3 is 0 Å². The Labute approximate surface area is 122 Å². The topological polar surface area (TPSA) is 75.3 Å². The minimum atomic E-state index is -3.87. The lowest BCUT2D eigenvalue weighted by molar-refractivity contribution is -0.120. The Bertz CT molecular complexity index is 573. The van der Waals surface area contributed by atoms with Crippen molar-refractivity contribution in [1.29, 1.82) is 0 Å². The number of halogens is 2. The largest absolute Gasteiger partial charge is 0.353 e. The quantitative estimate of drug-likeness (QED) is 0.867. The number of carbonyl (C=O) groups excluding carboxylic acids is 1. The molecule has 1 amide bonds. The predicted molar refractivity (Wildman–Crippen MR) is 74.9 cm³/mol. The molecule has 0 saturated carbocycles. The fourth-order valence-corrected chi connectivity index (χ4v) is 3.04. The van der Waals surface area contributed by atoms with Crippen LogP contribution in [0.5, 0.6) is 0 Å². The first-order valence-corrected chi connectivity index (χ1v) is 7.71. The standard InChI is InChI=1S/C11H14Cl2N2O3S/c1-7(2)15-10(16)6-14-19(17,18)9-5-3-4-8(12)11(9)13/h3-5,7,14H,6H2,1-2H3,(H,15,16). The van der Waals surface area contributed by atoms with Crippen LogP contribution in [-0.2, 0) is 14.8 Å². The fraction of sp³-hybridized carbons (Fsp3) is 0.364. The molecular weight excluding hydrogens is 311 g/mol. The second kappa shape index (κ2) is 6.56. The Kier molecular flexibility index (Phi) is 5.61. The Balaban J connectivity index is 2.82. The maximum absolute atomic E-state index is 12.0. The lowest BCUT2D eigenvalue weighted by atomic mass is 10.4. The highest BCUT2D eigenvalue weighted by molar-refractivity contribution is 7.89. The van der Waals surface area contributed by atoms with E-state index < -0.39 is 15.9 Å². The second-order valence-electron chi connectivity index (χ2n) is 4.10. The number of hydrogen-bond donors (Lipinski definition) is 2. The van der Waals surface area contributed by atoms with Gasteiger partial charge in [0.1, 0.15) is 4.90 Å². The third-order valence-electron chi connectivity index (χ3n) is 2.08. The van der Waals surface area contributed by atoms with Crippen molar-refractivity contribution in [3.8, 4) is 0 Å². The highest BCUT2D eigenvalue weighted by Gasteiger charge is 2.20. The highest BCUT2D eigenvalue weighted by Crippen LogP contribution is 2.28. The number of hydrogen-bond acceptors (Lipinski definition) is 3. The predicted octanol–water partition coefficient (Wildman–Crippen LogP) is 1.80. The molecular formula is C11H14Cl2N2O3S. The van der Waals surface area contributed by atoms with Crippen LogP contribution >= 0.6 is 23.2 Å². The van der Waals surface area contributed by atoms with Crippen molar-refractivity contribution < 1.29 is 13.2 Å². The zero-order valence-electron chi connectivity index (χ0n) is 10.4. The summed E-state index contributed by atoms with van der Waals surface area (Å²) in [5, 5.41) is 2.63. The number of amides is 1. The van der Waals surface area contributed by atoms with Gasteiger partial charge in [-0.2, -0.15) is 0 Å². The summed E-state index contributed by atoms with van der Waals surface area (Å²) in [7, 11) is -3.87. The molecule has 106 valence electrons. The summed E-state index contributed by atoms with van der Waals surface area (Å²) in [5.41, 5.74) is 0. The van der Waals surface area contributed by atoms with Crippen LogP contribution in [0.15, 0.2) is 23.1 Å². The van der Waals surface area contributed by atoms with Gasteiger partial charge in [-0.3, -0.25) is 4.79 Å². The van der Waals surface area contributed by atoms with E-state index in [0.29, 0.717) is 0 Å². The average Bonchev–Trinajstić information content (AvgIpc) is 2.29. The van der Waals surface area contributed by atoms with Crippen LogP contribution in [0.1, 0.15) is 13.8 Å². The molecule has 0 unspecified atom stereocenters. The Hall–Kier alpha value is -0.820. The third kappa shape index (κ3) is 4.65. The molecule has 0 radical (unpaired) electrons. The van der Waals surface area contributed by atoms with Crippen LogP contribution in [0.25, 0.3) is 0 Å². The van der Waals surface area contributed by atoms with Crippen LogP contribution in [-0.4, -0.2) is 26.9 Å². The van der Waals surface area contributed by atoms with Gasteiger partial charge in [0.2, 0.25) is 15.9 Å². The monoisotopic (exact) mass is 324 g/mol. The van der Waals surface area contributed by atoms with E-state index in [1.165, 1.54) is 18.2 Å². The number of nitrogens with one attached hydrogen (secondary N) is 2. The molecule has 0 heterocycles. The van der Waals surface area contributed by atoms with Crippen LogP contribution in [0, 0.1) is 0 Å². The lowest BCUT2D eigenvalue weighted by Crippen LogP contribution is -2.39. The van der Waals surface area contributed by atoms with Crippen molar-refractivity contribution >= 4 is 39.1 Å². The molecule has 8 heteroatoms. The van der Waals surface area contributed by atoms with E-state index in [4.69, 9.17) is 23.2 Å². The molecule has 0 bridgehead atoms. The van der Waals surface area contributed by atoms with E-state index in [-0.39, 0.29) is 27.5 Å². The first kappa shape index (κ1) is 16.2. The summed E-state index contributed by atoms with van der Waals surface area (Å²) in [5.74, 6) is -0.420. The molecule has 0 aromatic heterocycles. The van der Waals surface area contributed by atoms with Crippen molar-refractivity contribution in [2.24, 2.45) is 0 Å². The molecule has 2 N–H and O–H groups in total. The molecule has 0 saturated heterocycles. The first-order valence-electron chi connectivity index (χ1n) is 5.47. The summed E-state index contributed by atoms with van der Waals surface area (Å²) in [6.45, 7) is 3.20. The fourth-order valence-electron chi connectivity index (χ4n) is 1.30. The van der Waals surface area contributed by atoms with E-state index in [0.717, 1.165) is 0 Å². The number of sulfonamides is 1. The molecule has 0 aliphatic heterocycles. The normalized spacial score (nSPS) is 11.6. The molecule has 5 nitrogen and oxygen atoms in total. The summed E-state index contributed by atoms with van der Waals surface area (Å²) < 4.78 is 26.1. The van der Waals surface area contributed by atoms with Crippen molar-refractivity contribution in [1.82, 2.24) is 10.0 Å². The first-order chi connectivity index (χ1) is 8.74. The Morgan fingerprint density at radius 1 is 1.32 bits per heavy atom. The SMILES string of the molecule is CC(C)NC(=O)CNS(=O)(=O)c1cccc(Cl)c1Cl. The van der Waals surface area contributed by atoms with Crippen LogP contribution < -0.4 is 10.0 Å². The van der Waals surface area contributed by atoms with Crippen LogP contribution in [0.3, 0.4) is 0 Å². The zero-order chi connectivity index (χ0) is 14.6. The molecule has 0 aliphatic rings. The number of benzene rings is 1. The summed E-state index contributed by atoms with van der Waals surface area (Å²) in [6, 6.07) is 4.20. The van der Waals surface area contributed by atoms with Gasteiger partial charge < -0.3 is 5.32 Å². The maximum Gasteiger partial charge on any atom is 0.242 e. The van der Waals surface area contributed by atoms with E-state index in [1.54, 1.807) is 13.8 Å². The van der Waals surface area contributed by atoms with E-state index >= 15 is 0 Å². The van der Waals surface area contributed by atoms with Gasteiger partial charge in [0.15, 0.2) is 0 Å². The van der Waals surface area contributed by atoms with Crippen LogP contribution in [0.4, 0.5) is 0 Å². The molecule has 0 aliphatic carbocycles. The number of carbonyl (C=O) groups is 1. The van der Waals surface area contributed by atoms with E-state index in [1.807, 2.05) is 0 Å².